The van der Waals surface area contributed by atoms with Crippen molar-refractivity contribution in [1.29, 1.82) is 0 Å². The molecular formula is C16H16ClN5O. The van der Waals surface area contributed by atoms with E-state index in [0.717, 1.165) is 17.5 Å². The third-order valence-electron chi connectivity index (χ3n) is 3.34. The van der Waals surface area contributed by atoms with Crippen molar-refractivity contribution in [3.05, 3.63) is 53.1 Å². The van der Waals surface area contributed by atoms with Crippen LogP contribution in [-0.2, 0) is 6.54 Å². The van der Waals surface area contributed by atoms with Gasteiger partial charge in [0.1, 0.15) is 17.7 Å². The number of hydrogen-bond donors (Lipinski definition) is 2. The first kappa shape index (κ1) is 15.5. The van der Waals surface area contributed by atoms with Gasteiger partial charge in [-0.1, -0.05) is 17.7 Å². The number of nitrogens with one attached hydrogen (secondary N) is 2. The number of fused-ring (bicyclic) bond motifs is 1. The lowest BCUT2D eigenvalue weighted by Gasteiger charge is -2.12. The van der Waals surface area contributed by atoms with Crippen LogP contribution >= 0.6 is 11.6 Å². The molecule has 0 bridgehead atoms. The highest BCUT2D eigenvalue weighted by Crippen LogP contribution is 2.22. The van der Waals surface area contributed by atoms with Gasteiger partial charge in [-0.05, 0) is 37.9 Å². The molecule has 0 aliphatic carbocycles. The molecule has 0 saturated heterocycles. The topological polar surface area (TPSA) is 73.9 Å². The van der Waals surface area contributed by atoms with Crippen LogP contribution < -0.4 is 5.32 Å². The van der Waals surface area contributed by atoms with Crippen LogP contribution in [0.2, 0.25) is 5.02 Å². The first-order valence-corrected chi connectivity index (χ1v) is 7.44. The van der Waals surface area contributed by atoms with E-state index in [2.05, 4.69) is 20.3 Å². The lowest BCUT2D eigenvalue weighted by atomic mass is 10.2. The van der Waals surface area contributed by atoms with Crippen LogP contribution in [0.3, 0.4) is 0 Å². The third kappa shape index (κ3) is 3.49. The van der Waals surface area contributed by atoms with E-state index in [1.54, 1.807) is 18.3 Å². The van der Waals surface area contributed by atoms with Crippen LogP contribution in [-0.4, -0.2) is 39.9 Å². The standard InChI is InChI=1S/C16H16ClN5O/c1-22(2)8-10-3-4-12(6-13(10)17)20-16(23)14-5-11-7-18-9-19-15(11)21-14/h3-7,9H,8H2,1-2H3,(H,20,23)(H,18,19,21). The van der Waals surface area contributed by atoms with Gasteiger partial charge in [-0.25, -0.2) is 9.97 Å². The molecule has 0 radical (unpaired) electrons. The summed E-state index contributed by atoms with van der Waals surface area (Å²) >= 11 is 6.26. The lowest BCUT2D eigenvalue weighted by Crippen LogP contribution is -2.13. The van der Waals surface area contributed by atoms with Crippen molar-refractivity contribution >= 4 is 34.2 Å². The molecule has 0 fully saturated rings. The lowest BCUT2D eigenvalue weighted by molar-refractivity contribution is 0.102. The molecule has 0 atom stereocenters. The summed E-state index contributed by atoms with van der Waals surface area (Å²) in [7, 11) is 3.95. The molecule has 3 rings (SSSR count). The van der Waals surface area contributed by atoms with E-state index in [1.165, 1.54) is 6.33 Å². The monoisotopic (exact) mass is 329 g/mol. The van der Waals surface area contributed by atoms with Gasteiger partial charge >= 0.3 is 0 Å². The SMILES string of the molecule is CN(C)Cc1ccc(NC(=O)c2cc3cncnc3[nH]2)cc1Cl. The number of anilines is 1. The van der Waals surface area contributed by atoms with Crippen molar-refractivity contribution in [2.45, 2.75) is 6.54 Å². The number of amides is 1. The highest BCUT2D eigenvalue weighted by Gasteiger charge is 2.11. The molecule has 0 spiro atoms. The second kappa shape index (κ2) is 6.36. The van der Waals surface area contributed by atoms with Gasteiger partial charge in [-0.15, -0.1) is 0 Å². The predicted octanol–water partition coefficient (Wildman–Crippen LogP) is 2.93. The third-order valence-corrected chi connectivity index (χ3v) is 3.69. The van der Waals surface area contributed by atoms with Crippen LogP contribution in [0.5, 0.6) is 0 Å². The maximum Gasteiger partial charge on any atom is 0.272 e. The maximum atomic E-state index is 12.3. The van der Waals surface area contributed by atoms with E-state index in [9.17, 15) is 4.79 Å². The van der Waals surface area contributed by atoms with Crippen LogP contribution in [0, 0.1) is 0 Å². The number of carbonyl (C=O) groups is 1. The average Bonchev–Trinajstić information content (AvgIpc) is 2.94. The Bertz CT molecular complexity index is 826. The number of H-pyrrole nitrogens is 1. The van der Waals surface area contributed by atoms with Crippen molar-refractivity contribution in [3.63, 3.8) is 0 Å². The number of benzene rings is 1. The molecule has 23 heavy (non-hydrogen) atoms. The van der Waals surface area contributed by atoms with E-state index in [0.29, 0.717) is 22.1 Å². The van der Waals surface area contributed by atoms with Gasteiger partial charge in [-0.2, -0.15) is 0 Å². The summed E-state index contributed by atoms with van der Waals surface area (Å²) in [5.41, 5.74) is 2.71. The summed E-state index contributed by atoms with van der Waals surface area (Å²) in [5.74, 6) is -0.251. The van der Waals surface area contributed by atoms with Crippen molar-refractivity contribution < 1.29 is 4.79 Å². The molecular weight excluding hydrogens is 314 g/mol. The van der Waals surface area contributed by atoms with Crippen LogP contribution in [0.25, 0.3) is 11.0 Å². The van der Waals surface area contributed by atoms with Gasteiger partial charge in [0, 0.05) is 28.8 Å². The Labute approximate surface area is 138 Å². The number of nitrogens with zero attached hydrogens (tertiary/aromatic N) is 3. The van der Waals surface area contributed by atoms with E-state index in [1.807, 2.05) is 31.1 Å². The largest absolute Gasteiger partial charge is 0.335 e. The number of hydrogen-bond acceptors (Lipinski definition) is 4. The summed E-state index contributed by atoms with van der Waals surface area (Å²) in [6, 6.07) is 7.22. The number of rotatable bonds is 4. The Morgan fingerprint density at radius 2 is 2.17 bits per heavy atom. The molecule has 0 saturated carbocycles. The van der Waals surface area contributed by atoms with Gasteiger partial charge in [0.15, 0.2) is 0 Å². The number of halogens is 1. The predicted molar refractivity (Wildman–Crippen MR) is 90.7 cm³/mol. The molecule has 2 aromatic heterocycles. The van der Waals surface area contributed by atoms with Crippen molar-refractivity contribution in [1.82, 2.24) is 19.9 Å². The minimum Gasteiger partial charge on any atom is -0.335 e. The Balaban J connectivity index is 1.78. The zero-order valence-electron chi connectivity index (χ0n) is 12.8. The minimum atomic E-state index is -0.251. The Morgan fingerprint density at radius 3 is 2.87 bits per heavy atom. The van der Waals surface area contributed by atoms with E-state index < -0.39 is 0 Å². The molecule has 6 nitrogen and oxygen atoms in total. The number of aromatic amines is 1. The molecule has 0 aliphatic heterocycles. The Hall–Kier alpha value is -2.44. The zero-order valence-corrected chi connectivity index (χ0v) is 13.6. The summed E-state index contributed by atoms with van der Waals surface area (Å²) < 4.78 is 0. The molecule has 2 N–H and O–H groups in total. The van der Waals surface area contributed by atoms with Crippen molar-refractivity contribution in [2.24, 2.45) is 0 Å². The van der Waals surface area contributed by atoms with Crippen molar-refractivity contribution in [3.8, 4) is 0 Å². The second-order valence-corrected chi connectivity index (χ2v) is 5.91. The van der Waals surface area contributed by atoms with Crippen molar-refractivity contribution in [2.75, 3.05) is 19.4 Å². The van der Waals surface area contributed by atoms with E-state index in [4.69, 9.17) is 11.6 Å². The zero-order chi connectivity index (χ0) is 16.4. The van der Waals surface area contributed by atoms with Gasteiger partial charge in [0.25, 0.3) is 5.91 Å². The first-order chi connectivity index (χ1) is 11.0. The molecule has 1 amide bonds. The maximum absolute atomic E-state index is 12.3. The fourth-order valence-corrected chi connectivity index (χ4v) is 2.52. The molecule has 1 aromatic carbocycles. The summed E-state index contributed by atoms with van der Waals surface area (Å²) in [6.45, 7) is 0.744. The van der Waals surface area contributed by atoms with Crippen LogP contribution in [0.1, 0.15) is 16.1 Å². The molecule has 2 heterocycles. The summed E-state index contributed by atoms with van der Waals surface area (Å²) in [5, 5.41) is 4.24. The van der Waals surface area contributed by atoms with E-state index >= 15 is 0 Å². The number of aromatic nitrogens is 3. The quantitative estimate of drug-likeness (QED) is 0.772. The number of carbonyl (C=O) groups excluding carboxylic acids is 1. The van der Waals surface area contributed by atoms with Gasteiger partial charge < -0.3 is 15.2 Å². The molecule has 0 unspecified atom stereocenters. The van der Waals surface area contributed by atoms with Gasteiger partial charge in [0.05, 0.1) is 0 Å². The van der Waals surface area contributed by atoms with Crippen LogP contribution in [0.4, 0.5) is 5.69 Å². The molecule has 0 aliphatic rings. The van der Waals surface area contributed by atoms with Gasteiger partial charge in [0.2, 0.25) is 0 Å². The van der Waals surface area contributed by atoms with Gasteiger partial charge in [-0.3, -0.25) is 4.79 Å². The second-order valence-electron chi connectivity index (χ2n) is 5.51. The highest BCUT2D eigenvalue weighted by atomic mass is 35.5. The molecule has 118 valence electrons. The first-order valence-electron chi connectivity index (χ1n) is 7.06. The molecule has 3 aromatic rings. The average molecular weight is 330 g/mol. The van der Waals surface area contributed by atoms with Crippen LogP contribution in [0.15, 0.2) is 36.8 Å². The minimum absolute atomic E-state index is 0.251. The smallest absolute Gasteiger partial charge is 0.272 e. The fraction of sp³-hybridized carbons (Fsp3) is 0.188. The fourth-order valence-electron chi connectivity index (χ4n) is 2.28. The van der Waals surface area contributed by atoms with E-state index in [-0.39, 0.29) is 5.91 Å². The Kier molecular flexibility index (Phi) is 4.27. The normalized spacial score (nSPS) is 11.1. The molecule has 7 heteroatoms. The Morgan fingerprint density at radius 1 is 1.35 bits per heavy atom. The summed E-state index contributed by atoms with van der Waals surface area (Å²) in [6.07, 6.45) is 3.09. The highest BCUT2D eigenvalue weighted by molar-refractivity contribution is 6.31. The summed E-state index contributed by atoms with van der Waals surface area (Å²) in [4.78, 5) is 25.3.